The number of hydrogen-bond donors (Lipinski definition) is 1. The molecule has 0 unspecified atom stereocenters. The molecule has 1 aromatic heterocycles. The van der Waals surface area contributed by atoms with E-state index in [0.29, 0.717) is 38.5 Å². The first-order valence-electron chi connectivity index (χ1n) is 12.0. The molecule has 0 fully saturated rings. The fraction of sp³-hybridized carbons (Fsp3) is 0.214. The summed E-state index contributed by atoms with van der Waals surface area (Å²) < 4.78 is 17.8. The molecule has 0 bridgehead atoms. The third-order valence-electron chi connectivity index (χ3n) is 5.74. The lowest BCUT2D eigenvalue weighted by Crippen LogP contribution is -2.39. The van der Waals surface area contributed by atoms with Crippen LogP contribution in [0.4, 0.5) is 0 Å². The molecule has 1 aliphatic heterocycles. The van der Waals surface area contributed by atoms with Crippen molar-refractivity contribution in [3.63, 3.8) is 0 Å². The zero-order valence-corrected chi connectivity index (χ0v) is 23.8. The second-order valence-electron chi connectivity index (χ2n) is 8.47. The van der Waals surface area contributed by atoms with Crippen molar-refractivity contribution in [1.29, 1.82) is 0 Å². The van der Waals surface area contributed by atoms with E-state index >= 15 is 0 Å². The summed E-state index contributed by atoms with van der Waals surface area (Å²) in [5.74, 6) is -1.10. The third kappa shape index (κ3) is 6.14. The van der Waals surface area contributed by atoms with E-state index in [9.17, 15) is 14.4 Å². The van der Waals surface area contributed by atoms with Gasteiger partial charge in [0.25, 0.3) is 5.56 Å². The number of benzene rings is 2. The summed E-state index contributed by atoms with van der Waals surface area (Å²) in [6.45, 7) is 6.94. The number of carboxylic acid groups (broad SMARTS) is 1. The number of carbonyl (C=O) groups is 2. The Morgan fingerprint density at radius 1 is 1.18 bits per heavy atom. The van der Waals surface area contributed by atoms with Crippen molar-refractivity contribution < 1.29 is 28.9 Å². The molecule has 0 saturated carbocycles. The molecule has 0 amide bonds. The van der Waals surface area contributed by atoms with E-state index in [1.54, 1.807) is 50.3 Å². The Labute approximate surface area is 242 Å². The van der Waals surface area contributed by atoms with Crippen LogP contribution in [-0.4, -0.2) is 41.4 Å². The summed E-state index contributed by atoms with van der Waals surface area (Å²) in [7, 11) is 0. The molecule has 2 aromatic carbocycles. The van der Waals surface area contributed by atoms with Crippen LogP contribution in [0.2, 0.25) is 10.0 Å². The van der Waals surface area contributed by atoms with E-state index in [2.05, 4.69) is 11.6 Å². The molecule has 1 atom stereocenters. The number of carboxylic acids is 1. The first-order chi connectivity index (χ1) is 19.1. The van der Waals surface area contributed by atoms with Gasteiger partial charge < -0.3 is 19.3 Å². The molecule has 1 N–H and O–H groups in total. The summed E-state index contributed by atoms with van der Waals surface area (Å²) in [5, 5.41) is 9.04. The van der Waals surface area contributed by atoms with Gasteiger partial charge in [0.05, 0.1) is 38.5 Å². The van der Waals surface area contributed by atoms with Crippen LogP contribution in [0.25, 0.3) is 6.08 Å². The van der Waals surface area contributed by atoms with E-state index in [-0.39, 0.29) is 33.5 Å². The zero-order chi connectivity index (χ0) is 29.0. The molecular formula is C28H24Cl2N2O7S. The van der Waals surface area contributed by atoms with Crippen molar-refractivity contribution in [3.8, 4) is 11.5 Å². The van der Waals surface area contributed by atoms with E-state index in [0.717, 1.165) is 11.3 Å². The van der Waals surface area contributed by atoms with E-state index in [1.807, 2.05) is 0 Å². The molecule has 0 saturated heterocycles. The fourth-order valence-electron chi connectivity index (χ4n) is 4.09. The van der Waals surface area contributed by atoms with Gasteiger partial charge >= 0.3 is 11.9 Å². The van der Waals surface area contributed by atoms with Gasteiger partial charge in [0, 0.05) is 0 Å². The number of esters is 1. The molecule has 12 heteroatoms. The first kappa shape index (κ1) is 29.1. The number of thiazole rings is 1. The van der Waals surface area contributed by atoms with Gasteiger partial charge in [0.2, 0.25) is 0 Å². The Kier molecular flexibility index (Phi) is 9.14. The van der Waals surface area contributed by atoms with Gasteiger partial charge in [-0.25, -0.2) is 14.6 Å². The van der Waals surface area contributed by atoms with Gasteiger partial charge in [-0.05, 0) is 55.3 Å². The van der Waals surface area contributed by atoms with Crippen molar-refractivity contribution in [3.05, 3.63) is 101 Å². The summed E-state index contributed by atoms with van der Waals surface area (Å²) in [6, 6.07) is 9.32. The first-order valence-corrected chi connectivity index (χ1v) is 13.6. The van der Waals surface area contributed by atoms with Gasteiger partial charge in [0.15, 0.2) is 17.2 Å². The number of fused-ring (bicyclic) bond motifs is 1. The number of allylic oxidation sites excluding steroid dienone is 1. The number of halogens is 2. The SMILES string of the molecule is C=CCOc1ccc([C@H]2C(C(=O)OCC)=C(C)N=c3s/c(=C\c4cc(Cl)c(OCC(=O)O)c(Cl)c4)c(=O)n32)cc1. The topological polar surface area (TPSA) is 116 Å². The Balaban J connectivity index is 1.83. The molecule has 9 nitrogen and oxygen atoms in total. The van der Waals surface area contributed by atoms with Crippen molar-refractivity contribution in [1.82, 2.24) is 4.57 Å². The average Bonchev–Trinajstić information content (AvgIpc) is 3.20. The van der Waals surface area contributed by atoms with Crippen molar-refractivity contribution >= 4 is 52.6 Å². The molecule has 1 aliphatic rings. The number of hydrogen-bond acceptors (Lipinski definition) is 8. The molecule has 0 radical (unpaired) electrons. The van der Waals surface area contributed by atoms with Crippen LogP contribution in [0.15, 0.2) is 70.1 Å². The van der Waals surface area contributed by atoms with Crippen LogP contribution >= 0.6 is 34.5 Å². The average molecular weight is 603 g/mol. The maximum Gasteiger partial charge on any atom is 0.341 e. The van der Waals surface area contributed by atoms with Crippen molar-refractivity contribution in [2.75, 3.05) is 19.8 Å². The van der Waals surface area contributed by atoms with Gasteiger partial charge in [0.1, 0.15) is 12.4 Å². The Bertz CT molecular complexity index is 1670. The highest BCUT2D eigenvalue weighted by Crippen LogP contribution is 2.35. The Morgan fingerprint density at radius 3 is 2.45 bits per heavy atom. The maximum absolute atomic E-state index is 13.8. The smallest absolute Gasteiger partial charge is 0.341 e. The third-order valence-corrected chi connectivity index (χ3v) is 7.28. The number of ether oxygens (including phenoxy) is 3. The second-order valence-corrected chi connectivity index (χ2v) is 10.3. The molecule has 0 spiro atoms. The minimum atomic E-state index is -1.18. The highest BCUT2D eigenvalue weighted by atomic mass is 35.5. The highest BCUT2D eigenvalue weighted by Gasteiger charge is 2.33. The van der Waals surface area contributed by atoms with Gasteiger partial charge in [-0.1, -0.05) is 59.3 Å². The molecule has 208 valence electrons. The molecule has 40 heavy (non-hydrogen) atoms. The predicted octanol–water partition coefficient (Wildman–Crippen LogP) is 4.13. The van der Waals surface area contributed by atoms with Gasteiger partial charge in [-0.3, -0.25) is 9.36 Å². The summed E-state index contributed by atoms with van der Waals surface area (Å²) in [4.78, 5) is 42.6. The lowest BCUT2D eigenvalue weighted by Gasteiger charge is -2.24. The lowest BCUT2D eigenvalue weighted by atomic mass is 9.96. The monoisotopic (exact) mass is 602 g/mol. The predicted molar refractivity (Wildman–Crippen MR) is 152 cm³/mol. The summed E-state index contributed by atoms with van der Waals surface area (Å²) >= 11 is 13.7. The van der Waals surface area contributed by atoms with E-state index in [4.69, 9.17) is 42.5 Å². The summed E-state index contributed by atoms with van der Waals surface area (Å²) in [5.41, 5.74) is 1.47. The van der Waals surface area contributed by atoms with E-state index < -0.39 is 24.6 Å². The van der Waals surface area contributed by atoms with Crippen LogP contribution in [0.5, 0.6) is 11.5 Å². The van der Waals surface area contributed by atoms with E-state index in [1.165, 1.54) is 16.7 Å². The second kappa shape index (κ2) is 12.5. The number of aromatic nitrogens is 1. The van der Waals surface area contributed by atoms with Crippen LogP contribution in [0.3, 0.4) is 0 Å². The number of nitrogens with zero attached hydrogens (tertiary/aromatic N) is 2. The van der Waals surface area contributed by atoms with Crippen LogP contribution in [-0.2, 0) is 14.3 Å². The number of aliphatic carboxylic acids is 1. The minimum Gasteiger partial charge on any atom is -0.490 e. The molecule has 3 aromatic rings. The van der Waals surface area contributed by atoms with Gasteiger partial charge in [-0.15, -0.1) is 0 Å². The molecular weight excluding hydrogens is 579 g/mol. The normalized spacial score (nSPS) is 14.8. The molecule has 2 heterocycles. The largest absolute Gasteiger partial charge is 0.490 e. The molecule has 0 aliphatic carbocycles. The zero-order valence-electron chi connectivity index (χ0n) is 21.5. The summed E-state index contributed by atoms with van der Waals surface area (Å²) in [6.07, 6.45) is 3.23. The fourth-order valence-corrected chi connectivity index (χ4v) is 5.75. The highest BCUT2D eigenvalue weighted by molar-refractivity contribution is 7.07. The van der Waals surface area contributed by atoms with Gasteiger partial charge in [-0.2, -0.15) is 0 Å². The Morgan fingerprint density at radius 2 is 1.85 bits per heavy atom. The lowest BCUT2D eigenvalue weighted by molar-refractivity contribution is -0.140. The Hall–Kier alpha value is -3.86. The van der Waals surface area contributed by atoms with Crippen LogP contribution in [0, 0.1) is 0 Å². The number of rotatable bonds is 10. The van der Waals surface area contributed by atoms with Crippen LogP contribution in [0.1, 0.15) is 31.0 Å². The maximum atomic E-state index is 13.8. The minimum absolute atomic E-state index is 0.0274. The van der Waals surface area contributed by atoms with Crippen molar-refractivity contribution in [2.24, 2.45) is 4.99 Å². The standard InChI is InChI=1S/C28H24Cl2N2O7S/c1-4-10-38-18-8-6-17(7-9-18)24-23(27(36)37-5-2)15(3)31-28-32(24)26(35)21(40-28)13-16-11-19(29)25(20(30)12-16)39-14-22(33)34/h4,6-9,11-13,24H,1,5,10,14H2,2-3H3,(H,33,34)/b21-13-/t24-/m0/s1. The number of carbonyl (C=O) groups excluding carboxylic acids is 1. The quantitative estimate of drug-likeness (QED) is 0.274. The van der Waals surface area contributed by atoms with Crippen molar-refractivity contribution in [2.45, 2.75) is 19.9 Å². The molecule has 4 rings (SSSR count). The van der Waals surface area contributed by atoms with Crippen LogP contribution < -0.4 is 24.4 Å².